The van der Waals surface area contributed by atoms with E-state index < -0.39 is 17.9 Å². The summed E-state index contributed by atoms with van der Waals surface area (Å²) in [5, 5.41) is 16.8. The zero-order valence-corrected chi connectivity index (χ0v) is 16.3. The fraction of sp³-hybridized carbons (Fsp3) is 0.211. The van der Waals surface area contributed by atoms with Crippen molar-refractivity contribution in [1.29, 1.82) is 0 Å². The quantitative estimate of drug-likeness (QED) is 0.504. The molecule has 27 heavy (non-hydrogen) atoms. The van der Waals surface area contributed by atoms with Crippen LogP contribution >= 0.6 is 23.2 Å². The predicted octanol–water partition coefficient (Wildman–Crippen LogP) is 3.60. The number of amides is 2. The van der Waals surface area contributed by atoms with Crippen LogP contribution in [-0.2, 0) is 4.79 Å². The third-order valence-corrected chi connectivity index (χ3v) is 4.27. The van der Waals surface area contributed by atoms with E-state index in [4.69, 9.17) is 23.2 Å². The maximum atomic E-state index is 12.4. The van der Waals surface area contributed by atoms with Crippen molar-refractivity contribution in [3.63, 3.8) is 0 Å². The number of benzene rings is 2. The van der Waals surface area contributed by atoms with Crippen LogP contribution in [0.2, 0.25) is 10.0 Å². The van der Waals surface area contributed by atoms with Gasteiger partial charge in [0.05, 0.1) is 16.8 Å². The molecule has 2 aromatic rings. The average Bonchev–Trinajstić information content (AvgIpc) is 2.60. The summed E-state index contributed by atoms with van der Waals surface area (Å²) < 4.78 is 0. The normalized spacial score (nSPS) is 12.2. The Balaban J connectivity index is 2.06. The second kappa shape index (κ2) is 9.39. The fourth-order valence-corrected chi connectivity index (χ4v) is 2.75. The summed E-state index contributed by atoms with van der Waals surface area (Å²) in [6.07, 6.45) is 1.32. The van der Waals surface area contributed by atoms with Gasteiger partial charge in [-0.15, -0.1) is 0 Å². The van der Waals surface area contributed by atoms with Gasteiger partial charge in [0, 0.05) is 10.6 Å². The molecule has 3 N–H and O–H groups in total. The summed E-state index contributed by atoms with van der Waals surface area (Å²) in [6, 6.07) is 10.2. The summed E-state index contributed by atoms with van der Waals surface area (Å²) >= 11 is 11.9. The molecule has 1 unspecified atom stereocenters. The SMILES string of the molecule is CC(C)C(NC(=O)c1ccc(Cl)cc1Cl)C(=O)NN=Cc1ccccc1O. The van der Waals surface area contributed by atoms with E-state index in [2.05, 4.69) is 15.8 Å². The first-order chi connectivity index (χ1) is 12.8. The van der Waals surface area contributed by atoms with E-state index in [1.807, 2.05) is 0 Å². The summed E-state index contributed by atoms with van der Waals surface area (Å²) in [4.78, 5) is 24.9. The molecule has 0 aliphatic carbocycles. The number of phenolic OH excluding ortho intramolecular Hbond substituents is 1. The zero-order valence-electron chi connectivity index (χ0n) is 14.7. The lowest BCUT2D eigenvalue weighted by molar-refractivity contribution is -0.123. The van der Waals surface area contributed by atoms with Gasteiger partial charge in [-0.25, -0.2) is 5.43 Å². The number of carbonyl (C=O) groups is 2. The Labute approximate surface area is 167 Å². The van der Waals surface area contributed by atoms with Crippen molar-refractivity contribution in [3.05, 3.63) is 63.6 Å². The maximum absolute atomic E-state index is 12.4. The molecule has 0 spiro atoms. The van der Waals surface area contributed by atoms with Crippen LogP contribution in [-0.4, -0.2) is 29.2 Å². The number of aromatic hydroxyl groups is 1. The number of carbonyl (C=O) groups excluding carboxylic acids is 2. The van der Waals surface area contributed by atoms with Crippen LogP contribution in [0.15, 0.2) is 47.6 Å². The number of hydrogen-bond acceptors (Lipinski definition) is 4. The topological polar surface area (TPSA) is 90.8 Å². The zero-order chi connectivity index (χ0) is 20.0. The molecule has 0 aliphatic rings. The molecule has 0 saturated heterocycles. The fourth-order valence-electron chi connectivity index (χ4n) is 2.26. The van der Waals surface area contributed by atoms with Gasteiger partial charge in [-0.2, -0.15) is 5.10 Å². The standard InChI is InChI=1S/C19H19Cl2N3O3/c1-11(2)17(23-18(26)14-8-7-13(20)9-15(14)21)19(27)24-22-10-12-5-3-4-6-16(12)25/h3-11,17,25H,1-2H3,(H,23,26)(H,24,27). The molecule has 2 aromatic carbocycles. The summed E-state index contributed by atoms with van der Waals surface area (Å²) in [7, 11) is 0. The molecule has 2 rings (SSSR count). The van der Waals surface area contributed by atoms with Crippen LogP contribution in [0.25, 0.3) is 0 Å². The van der Waals surface area contributed by atoms with Gasteiger partial charge in [-0.3, -0.25) is 9.59 Å². The van der Waals surface area contributed by atoms with Crippen molar-refractivity contribution in [2.24, 2.45) is 11.0 Å². The number of nitrogens with zero attached hydrogens (tertiary/aromatic N) is 1. The van der Waals surface area contributed by atoms with Crippen molar-refractivity contribution in [2.45, 2.75) is 19.9 Å². The highest BCUT2D eigenvalue weighted by Gasteiger charge is 2.25. The van der Waals surface area contributed by atoms with Crippen LogP contribution in [0, 0.1) is 5.92 Å². The van der Waals surface area contributed by atoms with Gasteiger partial charge in [0.15, 0.2) is 0 Å². The molecule has 0 heterocycles. The lowest BCUT2D eigenvalue weighted by atomic mass is 10.0. The van der Waals surface area contributed by atoms with E-state index in [1.165, 1.54) is 24.4 Å². The largest absolute Gasteiger partial charge is 0.507 e. The molecule has 0 aromatic heterocycles. The van der Waals surface area contributed by atoms with Gasteiger partial charge in [-0.1, -0.05) is 49.2 Å². The molecule has 0 aliphatic heterocycles. The lowest BCUT2D eigenvalue weighted by Crippen LogP contribution is -2.48. The number of hydrazone groups is 1. The monoisotopic (exact) mass is 407 g/mol. The van der Waals surface area contributed by atoms with Crippen LogP contribution in [0.4, 0.5) is 0 Å². The van der Waals surface area contributed by atoms with E-state index in [1.54, 1.807) is 38.1 Å². The Kier molecular flexibility index (Phi) is 7.21. The number of para-hydroxylation sites is 1. The average molecular weight is 408 g/mol. The van der Waals surface area contributed by atoms with E-state index in [9.17, 15) is 14.7 Å². The first-order valence-electron chi connectivity index (χ1n) is 8.16. The molecule has 0 radical (unpaired) electrons. The van der Waals surface area contributed by atoms with Gasteiger partial charge in [0.25, 0.3) is 11.8 Å². The maximum Gasteiger partial charge on any atom is 0.262 e. The minimum Gasteiger partial charge on any atom is -0.507 e. The van der Waals surface area contributed by atoms with Gasteiger partial charge in [0.2, 0.25) is 0 Å². The number of phenols is 1. The van der Waals surface area contributed by atoms with Crippen LogP contribution in [0.1, 0.15) is 29.8 Å². The molecule has 6 nitrogen and oxygen atoms in total. The number of nitrogens with one attached hydrogen (secondary N) is 2. The molecular weight excluding hydrogens is 389 g/mol. The first kappa shape index (κ1) is 20.7. The Morgan fingerprint density at radius 3 is 2.48 bits per heavy atom. The number of hydrogen-bond donors (Lipinski definition) is 3. The highest BCUT2D eigenvalue weighted by Crippen LogP contribution is 2.21. The second-order valence-electron chi connectivity index (χ2n) is 6.11. The summed E-state index contributed by atoms with van der Waals surface area (Å²) in [5.41, 5.74) is 3.05. The first-order valence-corrected chi connectivity index (χ1v) is 8.92. The minimum absolute atomic E-state index is 0.0431. The molecule has 1 atom stereocenters. The van der Waals surface area contributed by atoms with E-state index in [0.717, 1.165) is 0 Å². The second-order valence-corrected chi connectivity index (χ2v) is 6.96. The summed E-state index contributed by atoms with van der Waals surface area (Å²) in [6.45, 7) is 3.58. The molecular formula is C19H19Cl2N3O3. The number of halogens is 2. The molecule has 0 bridgehead atoms. The molecule has 0 fully saturated rings. The van der Waals surface area contributed by atoms with Crippen molar-refractivity contribution < 1.29 is 14.7 Å². The Hall–Kier alpha value is -2.57. The predicted molar refractivity (Wildman–Crippen MR) is 106 cm³/mol. The third kappa shape index (κ3) is 5.70. The van der Waals surface area contributed by atoms with Crippen molar-refractivity contribution in [2.75, 3.05) is 0 Å². The van der Waals surface area contributed by atoms with Gasteiger partial charge >= 0.3 is 0 Å². The number of rotatable bonds is 6. The third-order valence-electron chi connectivity index (χ3n) is 3.73. The Bertz CT molecular complexity index is 869. The van der Waals surface area contributed by atoms with Crippen LogP contribution in [0.5, 0.6) is 5.75 Å². The smallest absolute Gasteiger partial charge is 0.262 e. The van der Waals surface area contributed by atoms with Crippen molar-refractivity contribution in [1.82, 2.24) is 10.7 Å². The highest BCUT2D eigenvalue weighted by atomic mass is 35.5. The van der Waals surface area contributed by atoms with Crippen LogP contribution < -0.4 is 10.7 Å². The molecule has 142 valence electrons. The Morgan fingerprint density at radius 1 is 1.15 bits per heavy atom. The Morgan fingerprint density at radius 2 is 1.85 bits per heavy atom. The molecule has 2 amide bonds. The van der Waals surface area contributed by atoms with Gasteiger partial charge in [0.1, 0.15) is 11.8 Å². The minimum atomic E-state index is -0.828. The molecule has 8 heteroatoms. The van der Waals surface area contributed by atoms with E-state index in [0.29, 0.717) is 10.6 Å². The highest BCUT2D eigenvalue weighted by molar-refractivity contribution is 6.36. The van der Waals surface area contributed by atoms with E-state index in [-0.39, 0.29) is 22.3 Å². The lowest BCUT2D eigenvalue weighted by Gasteiger charge is -2.20. The van der Waals surface area contributed by atoms with Gasteiger partial charge < -0.3 is 10.4 Å². The summed E-state index contributed by atoms with van der Waals surface area (Å²) in [5.74, 6) is -1.13. The van der Waals surface area contributed by atoms with Gasteiger partial charge in [-0.05, 0) is 36.2 Å². The van der Waals surface area contributed by atoms with Crippen LogP contribution in [0.3, 0.4) is 0 Å². The van der Waals surface area contributed by atoms with Crippen molar-refractivity contribution >= 4 is 41.2 Å². The van der Waals surface area contributed by atoms with Crippen molar-refractivity contribution in [3.8, 4) is 5.75 Å². The van der Waals surface area contributed by atoms with E-state index >= 15 is 0 Å². The molecule has 0 saturated carbocycles.